The van der Waals surface area contributed by atoms with Gasteiger partial charge < -0.3 is 10.1 Å². The summed E-state index contributed by atoms with van der Waals surface area (Å²) < 4.78 is 73.0. The molecule has 13 heteroatoms. The van der Waals surface area contributed by atoms with Gasteiger partial charge in [-0.05, 0) is 66.7 Å². The Morgan fingerprint density at radius 3 is 2.14 bits per heavy atom. The molecule has 190 valence electrons. The number of anilines is 2. The number of ether oxygens (including phenoxy) is 1. The number of nitrogens with one attached hydrogen (secondary N) is 2. The fourth-order valence-electron chi connectivity index (χ4n) is 3.46. The number of halogens is 2. The molecule has 9 nitrogen and oxygen atoms in total. The van der Waals surface area contributed by atoms with Crippen LogP contribution in [0.3, 0.4) is 0 Å². The van der Waals surface area contributed by atoms with E-state index in [0.29, 0.717) is 13.2 Å². The second-order valence-corrected chi connectivity index (χ2v) is 11.8. The predicted molar refractivity (Wildman–Crippen MR) is 133 cm³/mol. The van der Waals surface area contributed by atoms with Gasteiger partial charge in [-0.25, -0.2) is 21.2 Å². The van der Waals surface area contributed by atoms with Crippen molar-refractivity contribution in [2.45, 2.75) is 9.79 Å². The van der Waals surface area contributed by atoms with Crippen LogP contribution in [0.4, 0.5) is 15.8 Å². The molecule has 0 bridgehead atoms. The SMILES string of the molecule is O=C(Nc1ccc(S(=O)(=O)N2CCOCC2)cc1)c1cc(Cl)ccc1NS(=O)(=O)c1ccc(F)cc1. The number of carbonyl (C=O) groups is 1. The van der Waals surface area contributed by atoms with Crippen molar-refractivity contribution in [3.8, 4) is 0 Å². The third kappa shape index (κ3) is 5.85. The van der Waals surface area contributed by atoms with Gasteiger partial charge in [-0.1, -0.05) is 11.6 Å². The molecule has 36 heavy (non-hydrogen) atoms. The average molecular weight is 554 g/mol. The van der Waals surface area contributed by atoms with E-state index in [9.17, 15) is 26.0 Å². The monoisotopic (exact) mass is 553 g/mol. The van der Waals surface area contributed by atoms with Crippen LogP contribution < -0.4 is 10.0 Å². The molecule has 1 saturated heterocycles. The van der Waals surface area contributed by atoms with E-state index in [0.717, 1.165) is 24.3 Å². The highest BCUT2D eigenvalue weighted by molar-refractivity contribution is 7.92. The molecule has 3 aromatic carbocycles. The summed E-state index contributed by atoms with van der Waals surface area (Å²) in [6.07, 6.45) is 0. The summed E-state index contributed by atoms with van der Waals surface area (Å²) in [6, 6.07) is 13.8. The number of hydrogen-bond acceptors (Lipinski definition) is 6. The minimum absolute atomic E-state index is 0.0484. The number of benzene rings is 3. The summed E-state index contributed by atoms with van der Waals surface area (Å²) in [6.45, 7) is 1.15. The van der Waals surface area contributed by atoms with Gasteiger partial charge in [0, 0.05) is 23.8 Å². The lowest BCUT2D eigenvalue weighted by Gasteiger charge is -2.26. The van der Waals surface area contributed by atoms with Gasteiger partial charge in [-0.3, -0.25) is 9.52 Å². The van der Waals surface area contributed by atoms with Crippen LogP contribution in [-0.4, -0.2) is 53.4 Å². The molecule has 1 aliphatic heterocycles. The fourth-order valence-corrected chi connectivity index (χ4v) is 6.12. The van der Waals surface area contributed by atoms with E-state index in [1.807, 2.05) is 0 Å². The van der Waals surface area contributed by atoms with Crippen LogP contribution in [-0.2, 0) is 24.8 Å². The lowest BCUT2D eigenvalue weighted by atomic mass is 10.1. The lowest BCUT2D eigenvalue weighted by molar-refractivity contribution is 0.0730. The number of nitrogens with zero attached hydrogens (tertiary/aromatic N) is 1. The summed E-state index contributed by atoms with van der Waals surface area (Å²) in [4.78, 5) is 12.9. The average Bonchev–Trinajstić information content (AvgIpc) is 2.86. The van der Waals surface area contributed by atoms with Crippen LogP contribution in [0.15, 0.2) is 76.5 Å². The van der Waals surface area contributed by atoms with Gasteiger partial charge in [0.1, 0.15) is 5.82 Å². The molecule has 0 atom stereocenters. The van der Waals surface area contributed by atoms with Crippen LogP contribution in [0.5, 0.6) is 0 Å². The van der Waals surface area contributed by atoms with Gasteiger partial charge in [-0.15, -0.1) is 0 Å². The molecule has 1 aliphatic rings. The summed E-state index contributed by atoms with van der Waals surface area (Å²) in [5.74, 6) is -1.28. The number of amides is 1. The van der Waals surface area contributed by atoms with E-state index in [1.165, 1.54) is 46.8 Å². The van der Waals surface area contributed by atoms with E-state index in [-0.39, 0.29) is 44.8 Å². The fraction of sp³-hybridized carbons (Fsp3) is 0.174. The predicted octanol–water partition coefficient (Wildman–Crippen LogP) is 3.55. The van der Waals surface area contributed by atoms with E-state index in [1.54, 1.807) is 0 Å². The van der Waals surface area contributed by atoms with Crippen molar-refractivity contribution in [2.24, 2.45) is 0 Å². The minimum Gasteiger partial charge on any atom is -0.379 e. The maximum atomic E-state index is 13.2. The van der Waals surface area contributed by atoms with Crippen LogP contribution in [0.25, 0.3) is 0 Å². The molecular weight excluding hydrogens is 533 g/mol. The molecule has 0 aliphatic carbocycles. The smallest absolute Gasteiger partial charge is 0.261 e. The van der Waals surface area contributed by atoms with Crippen molar-refractivity contribution in [2.75, 3.05) is 36.3 Å². The first-order valence-electron chi connectivity index (χ1n) is 10.6. The number of sulfonamides is 2. The third-order valence-corrected chi connectivity index (χ3v) is 8.84. The Labute approximate surface area is 212 Å². The molecule has 0 spiro atoms. The van der Waals surface area contributed by atoms with Crippen molar-refractivity contribution in [1.29, 1.82) is 0 Å². The van der Waals surface area contributed by atoms with Gasteiger partial charge in [0.2, 0.25) is 10.0 Å². The first kappa shape index (κ1) is 26.0. The molecule has 0 radical (unpaired) electrons. The topological polar surface area (TPSA) is 122 Å². The molecule has 3 aromatic rings. The first-order valence-corrected chi connectivity index (χ1v) is 13.9. The Morgan fingerprint density at radius 1 is 0.889 bits per heavy atom. The summed E-state index contributed by atoms with van der Waals surface area (Å²) in [7, 11) is -7.82. The Morgan fingerprint density at radius 2 is 1.50 bits per heavy atom. The summed E-state index contributed by atoms with van der Waals surface area (Å²) in [5.41, 5.74) is 0.166. The summed E-state index contributed by atoms with van der Waals surface area (Å²) >= 11 is 6.04. The van der Waals surface area contributed by atoms with Crippen molar-refractivity contribution >= 4 is 48.9 Å². The Bertz CT molecular complexity index is 1480. The normalized spacial score (nSPS) is 14.8. The van der Waals surface area contributed by atoms with Crippen molar-refractivity contribution in [3.05, 3.63) is 83.1 Å². The highest BCUT2D eigenvalue weighted by Gasteiger charge is 2.26. The number of hydrogen-bond donors (Lipinski definition) is 2. The third-order valence-electron chi connectivity index (χ3n) is 5.31. The van der Waals surface area contributed by atoms with E-state index < -0.39 is 31.8 Å². The van der Waals surface area contributed by atoms with Crippen LogP contribution in [0, 0.1) is 5.82 Å². The van der Waals surface area contributed by atoms with E-state index in [2.05, 4.69) is 10.0 Å². The number of rotatable bonds is 7. The van der Waals surface area contributed by atoms with Gasteiger partial charge in [-0.2, -0.15) is 4.31 Å². The van der Waals surface area contributed by atoms with Crippen LogP contribution in [0.2, 0.25) is 5.02 Å². The van der Waals surface area contributed by atoms with Gasteiger partial charge in [0.25, 0.3) is 15.9 Å². The number of carbonyl (C=O) groups excluding carboxylic acids is 1. The molecule has 0 saturated carbocycles. The van der Waals surface area contributed by atoms with E-state index in [4.69, 9.17) is 16.3 Å². The quantitative estimate of drug-likeness (QED) is 0.461. The van der Waals surface area contributed by atoms with Gasteiger partial charge in [0.15, 0.2) is 0 Å². The number of morpholine rings is 1. The largest absolute Gasteiger partial charge is 0.379 e. The lowest BCUT2D eigenvalue weighted by Crippen LogP contribution is -2.40. The molecule has 2 N–H and O–H groups in total. The Balaban J connectivity index is 1.54. The second kappa shape index (κ2) is 10.5. The van der Waals surface area contributed by atoms with Crippen molar-refractivity contribution < 1.29 is 30.8 Å². The maximum Gasteiger partial charge on any atom is 0.261 e. The highest BCUT2D eigenvalue weighted by atomic mass is 35.5. The molecule has 1 heterocycles. The standard InChI is InChI=1S/C23H21ClFN3O6S2/c24-16-1-10-22(27-35(30,31)19-6-2-17(25)3-7-19)21(15-16)23(29)26-18-4-8-20(9-5-18)36(32,33)28-11-13-34-14-12-28/h1-10,15,27H,11-14H2,(H,26,29). The minimum atomic E-state index is -4.12. The van der Waals surface area contributed by atoms with Gasteiger partial charge in [0.05, 0.1) is 34.3 Å². The molecule has 0 unspecified atom stereocenters. The molecule has 1 fully saturated rings. The molecule has 1 amide bonds. The Kier molecular flexibility index (Phi) is 7.62. The molecule has 0 aromatic heterocycles. The van der Waals surface area contributed by atoms with Crippen LogP contribution >= 0.6 is 11.6 Å². The van der Waals surface area contributed by atoms with Gasteiger partial charge >= 0.3 is 0 Å². The zero-order valence-electron chi connectivity index (χ0n) is 18.6. The molecular formula is C23H21ClFN3O6S2. The first-order chi connectivity index (χ1) is 17.1. The van der Waals surface area contributed by atoms with Crippen LogP contribution in [0.1, 0.15) is 10.4 Å². The Hall–Kier alpha value is -3.03. The zero-order chi connectivity index (χ0) is 25.9. The summed E-state index contributed by atoms with van der Waals surface area (Å²) in [5, 5.41) is 2.80. The highest BCUT2D eigenvalue weighted by Crippen LogP contribution is 2.26. The second-order valence-electron chi connectivity index (χ2n) is 7.74. The van der Waals surface area contributed by atoms with E-state index >= 15 is 0 Å². The van der Waals surface area contributed by atoms with Crippen molar-refractivity contribution in [3.63, 3.8) is 0 Å². The maximum absolute atomic E-state index is 13.2. The van der Waals surface area contributed by atoms with Crippen molar-refractivity contribution in [1.82, 2.24) is 4.31 Å². The zero-order valence-corrected chi connectivity index (χ0v) is 21.0. The molecule has 4 rings (SSSR count).